The number of likely N-dealkylation sites (tertiary alicyclic amines) is 1. The molecule has 41 heavy (non-hydrogen) atoms. The highest BCUT2D eigenvalue weighted by atomic mass is 35.5. The molecule has 214 valence electrons. The van der Waals surface area contributed by atoms with Gasteiger partial charge in [0.1, 0.15) is 11.8 Å². The molecule has 0 radical (unpaired) electrons. The number of carboxylic acids is 1. The van der Waals surface area contributed by atoms with Crippen molar-refractivity contribution in [2.24, 2.45) is 4.99 Å². The van der Waals surface area contributed by atoms with E-state index in [0.717, 1.165) is 12.8 Å². The van der Waals surface area contributed by atoms with Crippen LogP contribution < -0.4 is 10.6 Å². The minimum Gasteiger partial charge on any atom is -0.507 e. The monoisotopic (exact) mass is 598 g/mol. The molecule has 2 aromatic carbocycles. The lowest BCUT2D eigenvalue weighted by atomic mass is 9.96. The molecule has 11 nitrogen and oxygen atoms in total. The van der Waals surface area contributed by atoms with Crippen LogP contribution >= 0.6 is 23.2 Å². The van der Waals surface area contributed by atoms with Gasteiger partial charge in [-0.1, -0.05) is 41.4 Å². The van der Waals surface area contributed by atoms with Crippen LogP contribution in [0.25, 0.3) is 6.08 Å². The Morgan fingerprint density at radius 2 is 1.88 bits per heavy atom. The maximum atomic E-state index is 13.2. The molecule has 4 N–H and O–H groups in total. The smallest absolute Gasteiger partial charge is 0.328 e. The second-order valence-corrected chi connectivity index (χ2v) is 10.3. The van der Waals surface area contributed by atoms with Crippen LogP contribution in [-0.2, 0) is 22.6 Å². The molecule has 2 aliphatic rings. The SMILES string of the molecule is N#C/N=C(\NCC(NC(=O)c1c(Cl)cc2c(c1Cl)CCN(C(=O)/C=C/c1ccccc1O)C2)C(=O)O)N1CCCC1. The first-order chi connectivity index (χ1) is 19.7. The lowest BCUT2D eigenvalue weighted by Gasteiger charge is -2.30. The van der Waals surface area contributed by atoms with E-state index in [9.17, 15) is 24.6 Å². The van der Waals surface area contributed by atoms with E-state index in [0.29, 0.717) is 42.7 Å². The highest BCUT2D eigenvalue weighted by molar-refractivity contribution is 6.40. The molecule has 0 saturated carbocycles. The number of aliphatic carboxylic acids is 1. The van der Waals surface area contributed by atoms with E-state index < -0.39 is 17.9 Å². The number of aliphatic imine (C=N–C) groups is 1. The summed E-state index contributed by atoms with van der Waals surface area (Å²) in [5.41, 5.74) is 1.78. The summed E-state index contributed by atoms with van der Waals surface area (Å²) in [5.74, 6) is -2.00. The number of benzene rings is 2. The molecule has 0 spiro atoms. The van der Waals surface area contributed by atoms with Gasteiger partial charge in [0.15, 0.2) is 0 Å². The van der Waals surface area contributed by atoms with Gasteiger partial charge in [0.25, 0.3) is 5.91 Å². The molecule has 2 aromatic rings. The molecule has 2 amide bonds. The molecule has 4 rings (SSSR count). The molecule has 0 bridgehead atoms. The number of halogens is 2. The number of carboxylic acid groups (broad SMARTS) is 1. The number of guanidine groups is 1. The number of nitriles is 1. The van der Waals surface area contributed by atoms with Crippen molar-refractivity contribution in [2.45, 2.75) is 31.8 Å². The third-order valence-electron chi connectivity index (χ3n) is 6.91. The summed E-state index contributed by atoms with van der Waals surface area (Å²) in [5, 5.41) is 34.1. The molecule has 2 aliphatic heterocycles. The van der Waals surface area contributed by atoms with Gasteiger partial charge in [0.05, 0.1) is 15.6 Å². The van der Waals surface area contributed by atoms with Gasteiger partial charge >= 0.3 is 5.97 Å². The van der Waals surface area contributed by atoms with E-state index in [1.54, 1.807) is 35.4 Å². The number of para-hydroxylation sites is 1. The van der Waals surface area contributed by atoms with Crippen molar-refractivity contribution >= 4 is 53.0 Å². The fourth-order valence-corrected chi connectivity index (χ4v) is 5.53. The zero-order valence-electron chi connectivity index (χ0n) is 21.9. The molecular formula is C28H28Cl2N6O5. The van der Waals surface area contributed by atoms with Gasteiger partial charge in [-0.2, -0.15) is 5.26 Å². The Morgan fingerprint density at radius 3 is 2.56 bits per heavy atom. The van der Waals surface area contributed by atoms with E-state index in [-0.39, 0.29) is 46.3 Å². The number of carbonyl (C=O) groups excluding carboxylic acids is 2. The minimum atomic E-state index is -1.36. The largest absolute Gasteiger partial charge is 0.507 e. The number of aromatic hydroxyl groups is 1. The Hall–Kier alpha value is -4.27. The number of rotatable bonds is 7. The maximum absolute atomic E-state index is 13.2. The summed E-state index contributed by atoms with van der Waals surface area (Å²) in [6, 6.07) is 6.86. The molecular weight excluding hydrogens is 571 g/mol. The van der Waals surface area contributed by atoms with E-state index in [2.05, 4.69) is 15.6 Å². The Bertz CT molecular complexity index is 1450. The van der Waals surface area contributed by atoms with Crippen molar-refractivity contribution in [1.29, 1.82) is 5.26 Å². The molecule has 2 heterocycles. The quantitative estimate of drug-likeness (QED) is 0.164. The van der Waals surface area contributed by atoms with Crippen LogP contribution in [-0.4, -0.2) is 76.0 Å². The Morgan fingerprint density at radius 1 is 1.15 bits per heavy atom. The maximum Gasteiger partial charge on any atom is 0.328 e. The van der Waals surface area contributed by atoms with Crippen molar-refractivity contribution < 1.29 is 24.6 Å². The fourth-order valence-electron chi connectivity index (χ4n) is 4.77. The van der Waals surface area contributed by atoms with E-state index in [1.165, 1.54) is 18.2 Å². The van der Waals surface area contributed by atoms with Crippen molar-refractivity contribution in [2.75, 3.05) is 26.2 Å². The van der Waals surface area contributed by atoms with Gasteiger partial charge in [-0.25, -0.2) is 4.79 Å². The zero-order chi connectivity index (χ0) is 29.5. The van der Waals surface area contributed by atoms with Gasteiger partial charge in [-0.05, 0) is 48.6 Å². The number of hydrogen-bond donors (Lipinski definition) is 4. The summed E-state index contributed by atoms with van der Waals surface area (Å²) in [4.78, 5) is 45.1. The zero-order valence-corrected chi connectivity index (χ0v) is 23.5. The number of nitrogens with zero attached hydrogens (tertiary/aromatic N) is 4. The number of nitrogens with one attached hydrogen (secondary N) is 2. The molecule has 0 aromatic heterocycles. The highest BCUT2D eigenvalue weighted by Gasteiger charge is 2.29. The lowest BCUT2D eigenvalue weighted by molar-refractivity contribution is -0.139. The van der Waals surface area contributed by atoms with Crippen LogP contribution in [0.1, 0.15) is 39.9 Å². The van der Waals surface area contributed by atoms with Gasteiger partial charge in [-0.3, -0.25) is 9.59 Å². The van der Waals surface area contributed by atoms with Crippen LogP contribution in [0.3, 0.4) is 0 Å². The van der Waals surface area contributed by atoms with Crippen molar-refractivity contribution in [1.82, 2.24) is 20.4 Å². The summed E-state index contributed by atoms with van der Waals surface area (Å²) in [7, 11) is 0. The fraction of sp³-hybridized carbons (Fsp3) is 0.321. The van der Waals surface area contributed by atoms with Crippen LogP contribution in [0, 0.1) is 11.5 Å². The van der Waals surface area contributed by atoms with Crippen LogP contribution in [0.15, 0.2) is 41.4 Å². The molecule has 0 aliphatic carbocycles. The van der Waals surface area contributed by atoms with Crippen LogP contribution in [0.2, 0.25) is 10.0 Å². The highest BCUT2D eigenvalue weighted by Crippen LogP contribution is 2.35. The van der Waals surface area contributed by atoms with Crippen LogP contribution in [0.5, 0.6) is 5.75 Å². The van der Waals surface area contributed by atoms with Crippen molar-refractivity contribution in [3.05, 3.63) is 68.7 Å². The number of amides is 2. The first-order valence-corrected chi connectivity index (χ1v) is 13.7. The normalized spacial score (nSPS) is 15.8. The average molecular weight is 599 g/mol. The molecule has 1 saturated heterocycles. The number of phenolic OH excluding ortho intramolecular Hbond substituents is 1. The predicted octanol–water partition coefficient (Wildman–Crippen LogP) is 3.00. The number of phenols is 1. The first kappa shape index (κ1) is 29.7. The number of fused-ring (bicyclic) bond motifs is 1. The van der Waals surface area contributed by atoms with E-state index >= 15 is 0 Å². The van der Waals surface area contributed by atoms with E-state index in [1.807, 2.05) is 4.90 Å². The molecule has 1 atom stereocenters. The van der Waals surface area contributed by atoms with E-state index in [4.69, 9.17) is 28.5 Å². The third kappa shape index (κ3) is 7.09. The van der Waals surface area contributed by atoms with Crippen molar-refractivity contribution in [3.8, 4) is 11.9 Å². The Labute approximate surface area is 246 Å². The second-order valence-electron chi connectivity index (χ2n) is 9.56. The van der Waals surface area contributed by atoms with Gasteiger partial charge in [0, 0.05) is 44.4 Å². The molecule has 13 heteroatoms. The topological polar surface area (TPSA) is 158 Å². The number of hydrogen-bond acceptors (Lipinski definition) is 6. The summed E-state index contributed by atoms with van der Waals surface area (Å²) in [6.07, 6.45) is 6.84. The third-order valence-corrected chi connectivity index (χ3v) is 7.63. The Kier molecular flexibility index (Phi) is 9.70. The summed E-state index contributed by atoms with van der Waals surface area (Å²) in [6.45, 7) is 1.70. The summed E-state index contributed by atoms with van der Waals surface area (Å²) < 4.78 is 0. The lowest BCUT2D eigenvalue weighted by Crippen LogP contribution is -2.51. The summed E-state index contributed by atoms with van der Waals surface area (Å²) >= 11 is 13.1. The predicted molar refractivity (Wildman–Crippen MR) is 153 cm³/mol. The minimum absolute atomic E-state index is 0.0196. The molecule has 1 unspecified atom stereocenters. The van der Waals surface area contributed by atoms with Crippen molar-refractivity contribution in [3.63, 3.8) is 0 Å². The second kappa shape index (κ2) is 13.4. The average Bonchev–Trinajstić information content (AvgIpc) is 3.48. The number of carbonyl (C=O) groups is 3. The van der Waals surface area contributed by atoms with Gasteiger partial charge in [0.2, 0.25) is 18.1 Å². The van der Waals surface area contributed by atoms with Gasteiger partial charge in [-0.15, -0.1) is 4.99 Å². The van der Waals surface area contributed by atoms with Gasteiger partial charge < -0.3 is 30.6 Å². The first-order valence-electron chi connectivity index (χ1n) is 12.9. The molecule has 1 fully saturated rings. The Balaban J connectivity index is 1.45. The standard InChI is InChI=1S/C28H28Cl2N6O5/c29-20-13-18-15-36(23(38)8-7-17-5-1-2-6-22(17)37)12-9-19(18)25(30)24(20)26(39)34-21(27(40)41)14-32-28(33-16-31)35-10-3-4-11-35/h1-2,5-8,13,21,37H,3-4,9-12,14-15H2,(H,32,33)(H,34,39)(H,40,41)/b8-7+. The van der Waals surface area contributed by atoms with Crippen LogP contribution in [0.4, 0.5) is 0 Å².